The number of imidazole rings is 1. The number of hydrogen-bond acceptors (Lipinski definition) is 6. The van der Waals surface area contributed by atoms with Gasteiger partial charge in [-0.3, -0.25) is 15.1 Å². The molecule has 1 aliphatic heterocycles. The molecule has 2 atom stereocenters. The standard InChI is InChI=1S/C20H20N5O3PS/c1-28-15-8-4-12(5-9-15)16-17(19(26)24-20-21-10-11-30-20)23-18(22-16)13-2-6-14(7-3-13)25(27)29/h2-9,27H,10-11,29H2,1H3,(H,22,23)(H,21,24,26)/p+1. The molecule has 4 N–H and O–H groups in total. The Morgan fingerprint density at radius 2 is 1.90 bits per heavy atom. The van der Waals surface area contributed by atoms with Gasteiger partial charge in [0.05, 0.1) is 13.7 Å². The lowest BCUT2D eigenvalue weighted by atomic mass is 10.1. The molecule has 0 aliphatic carbocycles. The number of methoxy groups -OCH3 is 1. The highest BCUT2D eigenvalue weighted by Crippen LogP contribution is 2.28. The van der Waals surface area contributed by atoms with Crippen molar-refractivity contribution >= 4 is 37.9 Å². The molecule has 30 heavy (non-hydrogen) atoms. The zero-order valence-corrected chi connectivity index (χ0v) is 18.1. The number of H-pyrrole nitrogens is 1. The Morgan fingerprint density at radius 1 is 1.20 bits per heavy atom. The van der Waals surface area contributed by atoms with Crippen molar-refractivity contribution in [2.24, 2.45) is 4.99 Å². The lowest BCUT2D eigenvalue weighted by Gasteiger charge is -2.05. The van der Waals surface area contributed by atoms with Crippen molar-refractivity contribution in [3.8, 4) is 28.4 Å². The summed E-state index contributed by atoms with van der Waals surface area (Å²) in [6, 6.07) is 14.6. The van der Waals surface area contributed by atoms with Crippen molar-refractivity contribution in [2.45, 2.75) is 0 Å². The van der Waals surface area contributed by atoms with Crippen molar-refractivity contribution in [3.05, 3.63) is 54.2 Å². The number of hydrogen-bond donors (Lipinski definition) is 4. The second-order valence-corrected chi connectivity index (χ2v) is 8.12. The Labute approximate surface area is 180 Å². The summed E-state index contributed by atoms with van der Waals surface area (Å²) in [6.45, 7) is 0.700. The van der Waals surface area contributed by atoms with Gasteiger partial charge in [-0.25, -0.2) is 10.2 Å². The number of carbonyl (C=O) groups excluding carboxylic acids is 1. The van der Waals surface area contributed by atoms with Crippen LogP contribution < -0.4 is 14.9 Å². The van der Waals surface area contributed by atoms with Crippen molar-refractivity contribution in [3.63, 3.8) is 0 Å². The minimum absolute atomic E-state index is 0.162. The average Bonchev–Trinajstić information content (AvgIpc) is 3.44. The maximum absolute atomic E-state index is 13.0. The molecule has 2 heterocycles. The van der Waals surface area contributed by atoms with E-state index in [-0.39, 0.29) is 10.7 Å². The van der Waals surface area contributed by atoms with Gasteiger partial charge in [0.2, 0.25) is 0 Å². The summed E-state index contributed by atoms with van der Waals surface area (Å²) in [4.78, 5) is 25.3. The van der Waals surface area contributed by atoms with E-state index in [0.717, 1.165) is 22.6 Å². The first-order chi connectivity index (χ1) is 14.5. The summed E-state index contributed by atoms with van der Waals surface area (Å²) in [7, 11) is 3.87. The van der Waals surface area contributed by atoms with Gasteiger partial charge in [0.15, 0.2) is 10.9 Å². The van der Waals surface area contributed by atoms with E-state index in [4.69, 9.17) is 9.72 Å². The first-order valence-corrected chi connectivity index (χ1v) is 10.8. The smallest absolute Gasteiger partial charge is 0.275 e. The predicted molar refractivity (Wildman–Crippen MR) is 120 cm³/mol. The molecule has 0 radical (unpaired) electrons. The Hall–Kier alpha value is -2.71. The van der Waals surface area contributed by atoms with Gasteiger partial charge in [-0.2, -0.15) is 4.83 Å². The molecular weight excluding hydrogens is 421 g/mol. The Bertz CT molecular complexity index is 1080. The average molecular weight is 442 g/mol. The SMILES string of the molecule is COc1ccc(-c2nc(-c3ccc([NH+](O)P)cc3)[nH]c2C(=O)NC2=NCCS2)cc1. The van der Waals surface area contributed by atoms with Gasteiger partial charge < -0.3 is 9.72 Å². The number of amidine groups is 1. The zero-order valence-electron chi connectivity index (χ0n) is 16.2. The van der Waals surface area contributed by atoms with Crippen molar-refractivity contribution in [2.75, 3.05) is 19.4 Å². The van der Waals surface area contributed by atoms with Crippen LogP contribution in [0.5, 0.6) is 5.75 Å². The number of aromatic nitrogens is 2. The number of quaternary nitrogens is 1. The summed E-state index contributed by atoms with van der Waals surface area (Å²) in [5, 5.41) is 13.1. The minimum Gasteiger partial charge on any atom is -0.497 e. The number of carbonyl (C=O) groups is 1. The number of nitrogens with one attached hydrogen (secondary N) is 3. The van der Waals surface area contributed by atoms with Crippen LogP contribution in [-0.2, 0) is 0 Å². The van der Waals surface area contributed by atoms with Crippen LogP contribution in [0.4, 0.5) is 5.69 Å². The molecule has 1 aromatic heterocycles. The molecule has 4 rings (SSSR count). The van der Waals surface area contributed by atoms with Gasteiger partial charge in [-0.15, -0.1) is 0 Å². The maximum atomic E-state index is 13.0. The van der Waals surface area contributed by atoms with Crippen LogP contribution in [0.25, 0.3) is 22.6 Å². The van der Waals surface area contributed by atoms with E-state index in [9.17, 15) is 10.0 Å². The molecular formula is C20H21N5O3PS+. The van der Waals surface area contributed by atoms with E-state index in [1.807, 2.05) is 36.4 Å². The molecule has 0 saturated heterocycles. The quantitative estimate of drug-likeness (QED) is 0.359. The van der Waals surface area contributed by atoms with Crippen molar-refractivity contribution in [1.82, 2.24) is 15.3 Å². The van der Waals surface area contributed by atoms with Crippen LogP contribution in [0.15, 0.2) is 53.5 Å². The number of ether oxygens (including phenoxy) is 1. The Morgan fingerprint density at radius 3 is 2.50 bits per heavy atom. The molecule has 154 valence electrons. The highest BCUT2D eigenvalue weighted by Gasteiger charge is 2.22. The fourth-order valence-corrected chi connectivity index (χ4v) is 3.92. The molecule has 3 aromatic rings. The fourth-order valence-electron chi connectivity index (χ4n) is 3.00. The van der Waals surface area contributed by atoms with Crippen LogP contribution >= 0.6 is 21.2 Å². The summed E-state index contributed by atoms with van der Waals surface area (Å²) in [6.07, 6.45) is 0. The summed E-state index contributed by atoms with van der Waals surface area (Å²) >= 11 is 1.52. The van der Waals surface area contributed by atoms with E-state index < -0.39 is 0 Å². The normalized spacial score (nSPS) is 14.3. The van der Waals surface area contributed by atoms with E-state index in [1.165, 1.54) is 11.8 Å². The molecule has 1 aliphatic rings. The zero-order chi connectivity index (χ0) is 21.1. The fraction of sp³-hybridized carbons (Fsp3) is 0.150. The second-order valence-electron chi connectivity index (χ2n) is 6.49. The topological polar surface area (TPSA) is 104 Å². The van der Waals surface area contributed by atoms with E-state index in [0.29, 0.717) is 34.6 Å². The van der Waals surface area contributed by atoms with Gasteiger partial charge in [-0.05, 0) is 36.4 Å². The molecule has 0 saturated carbocycles. The minimum atomic E-state index is -0.291. The first kappa shape index (κ1) is 20.6. The van der Waals surface area contributed by atoms with Gasteiger partial charge in [0.25, 0.3) is 5.91 Å². The van der Waals surface area contributed by atoms with E-state index in [2.05, 4.69) is 24.7 Å². The highest BCUT2D eigenvalue weighted by atomic mass is 32.2. The molecule has 0 spiro atoms. The summed E-state index contributed by atoms with van der Waals surface area (Å²) < 4.78 is 5.23. The molecule has 10 heteroatoms. The molecule has 0 fully saturated rings. The van der Waals surface area contributed by atoms with E-state index >= 15 is 0 Å². The number of aliphatic imine (C=N–C) groups is 1. The van der Waals surface area contributed by atoms with Crippen molar-refractivity contribution < 1.29 is 19.6 Å². The number of benzene rings is 2. The largest absolute Gasteiger partial charge is 0.497 e. The van der Waals surface area contributed by atoms with Crippen LogP contribution in [0.3, 0.4) is 0 Å². The molecule has 0 bridgehead atoms. The lowest BCUT2D eigenvalue weighted by Crippen LogP contribution is -2.93. The number of rotatable bonds is 5. The molecule has 2 unspecified atom stereocenters. The van der Waals surface area contributed by atoms with Crippen LogP contribution in [-0.4, -0.2) is 45.7 Å². The molecule has 2 aromatic carbocycles. The third-order valence-corrected chi connectivity index (χ3v) is 5.78. The summed E-state index contributed by atoms with van der Waals surface area (Å²) in [5.74, 6) is 1.85. The maximum Gasteiger partial charge on any atom is 0.275 e. The molecule has 8 nitrogen and oxygen atoms in total. The van der Waals surface area contributed by atoms with Crippen molar-refractivity contribution in [1.29, 1.82) is 0 Å². The van der Waals surface area contributed by atoms with Gasteiger partial charge >= 0.3 is 0 Å². The van der Waals surface area contributed by atoms with Crippen LogP contribution in [0, 0.1) is 0 Å². The third-order valence-electron chi connectivity index (χ3n) is 4.55. The number of amides is 1. The van der Waals surface area contributed by atoms with Crippen LogP contribution in [0.2, 0.25) is 0 Å². The third kappa shape index (κ3) is 4.39. The van der Waals surface area contributed by atoms with Gasteiger partial charge in [0, 0.05) is 29.0 Å². The lowest BCUT2D eigenvalue weighted by molar-refractivity contribution is -0.916. The van der Waals surface area contributed by atoms with E-state index in [1.54, 1.807) is 19.2 Å². The monoisotopic (exact) mass is 442 g/mol. The van der Waals surface area contributed by atoms with Gasteiger partial charge in [0.1, 0.15) is 32.4 Å². The summed E-state index contributed by atoms with van der Waals surface area (Å²) in [5.41, 5.74) is 3.18. The Kier molecular flexibility index (Phi) is 6.15. The predicted octanol–water partition coefficient (Wildman–Crippen LogP) is 2.28. The first-order valence-electron chi connectivity index (χ1n) is 9.20. The second kappa shape index (κ2) is 8.97. The number of nitrogens with zero attached hydrogens (tertiary/aromatic N) is 2. The number of thioether (sulfide) groups is 1. The molecule has 1 amide bonds. The van der Waals surface area contributed by atoms with Gasteiger partial charge in [-0.1, -0.05) is 11.8 Å². The number of aromatic amines is 1. The van der Waals surface area contributed by atoms with Crippen LogP contribution in [0.1, 0.15) is 10.5 Å². The Balaban J connectivity index is 1.72. The highest BCUT2D eigenvalue weighted by molar-refractivity contribution is 8.14.